The number of H-pyrrole nitrogens is 1. The number of benzene rings is 3. The summed E-state index contributed by atoms with van der Waals surface area (Å²) in [7, 11) is -4.50. The van der Waals surface area contributed by atoms with Crippen LogP contribution in [0.3, 0.4) is 0 Å². The van der Waals surface area contributed by atoms with Crippen molar-refractivity contribution in [2.45, 2.75) is 17.9 Å². The van der Waals surface area contributed by atoms with Crippen molar-refractivity contribution in [2.24, 2.45) is 0 Å². The van der Waals surface area contributed by atoms with Crippen molar-refractivity contribution >= 4 is 26.6 Å². The van der Waals surface area contributed by atoms with Gasteiger partial charge in [-0.2, -0.15) is 5.10 Å². The number of aromatic amines is 1. The van der Waals surface area contributed by atoms with Gasteiger partial charge in [0, 0.05) is 35.9 Å². The molecular formula is C24H24F2N4O4S. The first-order valence-corrected chi connectivity index (χ1v) is 12.3. The first-order valence-electron chi connectivity index (χ1n) is 10.8. The number of ether oxygens (including phenoxy) is 1. The third-order valence-corrected chi connectivity index (χ3v) is 6.75. The van der Waals surface area contributed by atoms with Crippen LogP contribution >= 0.6 is 0 Å². The predicted octanol–water partition coefficient (Wildman–Crippen LogP) is 3.65. The van der Waals surface area contributed by atoms with Gasteiger partial charge in [0.2, 0.25) is 0 Å². The second-order valence-corrected chi connectivity index (χ2v) is 9.50. The maximum absolute atomic E-state index is 13.9. The van der Waals surface area contributed by atoms with Crippen LogP contribution in [0.15, 0.2) is 65.6 Å². The van der Waals surface area contributed by atoms with Crippen LogP contribution in [0.1, 0.15) is 17.4 Å². The zero-order valence-electron chi connectivity index (χ0n) is 18.8. The zero-order chi connectivity index (χ0) is 25.0. The summed E-state index contributed by atoms with van der Waals surface area (Å²) in [5.41, 5.74) is 2.29. The fourth-order valence-electron chi connectivity index (χ4n) is 3.57. The summed E-state index contributed by atoms with van der Waals surface area (Å²) in [4.78, 5) is -1.06. The fraction of sp³-hybridized carbons (Fsp3) is 0.208. The van der Waals surface area contributed by atoms with Crippen LogP contribution in [-0.4, -0.2) is 43.4 Å². The first kappa shape index (κ1) is 24.6. The molecule has 0 bridgehead atoms. The lowest BCUT2D eigenvalue weighted by Crippen LogP contribution is -2.26. The highest BCUT2D eigenvalue weighted by Crippen LogP contribution is 2.24. The standard InChI is InChI=1S/C24H24F2N4O4S/c1-15-19-9-8-18(13-22(19)29-28-15)34-11-10-27-14-23(31)16-4-2-5-17(12-16)30-35(32,33)24-20(25)6-3-7-21(24)26/h2-9,12-13,23,27,30-31H,10-11,14H2,1H3,(H,28,29)/t23-/m0/s1. The topological polar surface area (TPSA) is 116 Å². The van der Waals surface area contributed by atoms with Crippen LogP contribution < -0.4 is 14.8 Å². The molecule has 11 heteroatoms. The van der Waals surface area contributed by atoms with Crippen LogP contribution in [0.5, 0.6) is 5.75 Å². The number of aliphatic hydroxyl groups is 1. The molecule has 0 aliphatic heterocycles. The maximum Gasteiger partial charge on any atom is 0.267 e. The van der Waals surface area contributed by atoms with Crippen LogP contribution in [0.4, 0.5) is 14.5 Å². The average molecular weight is 503 g/mol. The summed E-state index contributed by atoms with van der Waals surface area (Å²) in [6, 6.07) is 14.4. The van der Waals surface area contributed by atoms with E-state index in [2.05, 4.69) is 20.2 Å². The summed E-state index contributed by atoms with van der Waals surface area (Å²) in [6.45, 7) is 2.93. The Kier molecular flexibility index (Phi) is 7.29. The van der Waals surface area contributed by atoms with E-state index >= 15 is 0 Å². The largest absolute Gasteiger partial charge is 0.492 e. The molecule has 0 aliphatic carbocycles. The van der Waals surface area contributed by atoms with Gasteiger partial charge in [-0.05, 0) is 48.9 Å². The highest BCUT2D eigenvalue weighted by atomic mass is 32.2. The Morgan fingerprint density at radius 3 is 2.60 bits per heavy atom. The summed E-state index contributed by atoms with van der Waals surface area (Å²) >= 11 is 0. The van der Waals surface area contributed by atoms with Gasteiger partial charge in [-0.3, -0.25) is 9.82 Å². The molecule has 4 rings (SSSR count). The lowest BCUT2D eigenvalue weighted by molar-refractivity contribution is 0.172. The van der Waals surface area contributed by atoms with E-state index in [4.69, 9.17) is 4.74 Å². The van der Waals surface area contributed by atoms with Crippen molar-refractivity contribution in [2.75, 3.05) is 24.4 Å². The van der Waals surface area contributed by atoms with Crippen molar-refractivity contribution < 1.29 is 27.0 Å². The first-order chi connectivity index (χ1) is 16.7. The Bertz CT molecular complexity index is 1420. The second-order valence-electron chi connectivity index (χ2n) is 7.88. The number of rotatable bonds is 10. The minimum Gasteiger partial charge on any atom is -0.492 e. The summed E-state index contributed by atoms with van der Waals surface area (Å²) < 4.78 is 60.6. The number of halogens is 2. The summed E-state index contributed by atoms with van der Waals surface area (Å²) in [5, 5.41) is 21.7. The Labute approximate surface area is 201 Å². The molecule has 0 saturated heterocycles. The minimum atomic E-state index is -4.50. The van der Waals surface area contributed by atoms with Crippen molar-refractivity contribution in [1.29, 1.82) is 0 Å². The van der Waals surface area contributed by atoms with E-state index < -0.39 is 32.7 Å². The van der Waals surface area contributed by atoms with Crippen molar-refractivity contribution in [3.05, 3.63) is 83.6 Å². The molecule has 184 valence electrons. The van der Waals surface area contributed by atoms with E-state index in [-0.39, 0.29) is 12.2 Å². The van der Waals surface area contributed by atoms with Crippen molar-refractivity contribution in [3.8, 4) is 5.75 Å². The Balaban J connectivity index is 1.30. The Morgan fingerprint density at radius 2 is 1.83 bits per heavy atom. The smallest absolute Gasteiger partial charge is 0.267 e. The van der Waals surface area contributed by atoms with Crippen molar-refractivity contribution in [3.63, 3.8) is 0 Å². The molecule has 0 amide bonds. The molecule has 0 saturated carbocycles. The average Bonchev–Trinajstić information content (AvgIpc) is 3.18. The number of aliphatic hydroxyl groups excluding tert-OH is 1. The van der Waals surface area contributed by atoms with E-state index in [0.29, 0.717) is 24.5 Å². The molecule has 1 aromatic heterocycles. The number of aryl methyl sites for hydroxylation is 1. The van der Waals surface area contributed by atoms with E-state index in [0.717, 1.165) is 34.8 Å². The lowest BCUT2D eigenvalue weighted by atomic mass is 10.1. The fourth-order valence-corrected chi connectivity index (χ4v) is 4.76. The zero-order valence-corrected chi connectivity index (χ0v) is 19.6. The number of hydrogen-bond acceptors (Lipinski definition) is 6. The van der Waals surface area contributed by atoms with Gasteiger partial charge in [0.15, 0.2) is 4.90 Å². The molecule has 35 heavy (non-hydrogen) atoms. The number of nitrogens with one attached hydrogen (secondary N) is 3. The maximum atomic E-state index is 13.9. The number of aromatic nitrogens is 2. The molecule has 0 aliphatic rings. The molecule has 8 nitrogen and oxygen atoms in total. The van der Waals surface area contributed by atoms with Gasteiger partial charge in [0.25, 0.3) is 10.0 Å². The van der Waals surface area contributed by atoms with E-state index in [1.807, 2.05) is 25.1 Å². The van der Waals surface area contributed by atoms with Crippen molar-refractivity contribution in [1.82, 2.24) is 15.5 Å². The minimum absolute atomic E-state index is 0.0662. The highest BCUT2D eigenvalue weighted by Gasteiger charge is 2.24. The molecule has 1 heterocycles. The highest BCUT2D eigenvalue weighted by molar-refractivity contribution is 7.92. The van der Waals surface area contributed by atoms with E-state index in [1.54, 1.807) is 6.07 Å². The van der Waals surface area contributed by atoms with E-state index in [9.17, 15) is 22.3 Å². The molecule has 4 N–H and O–H groups in total. The SMILES string of the molecule is Cc1[nH]nc2cc(OCCNC[C@H](O)c3cccc(NS(=O)(=O)c4c(F)cccc4F)c3)ccc12. The Morgan fingerprint density at radius 1 is 1.09 bits per heavy atom. The van der Waals surface area contributed by atoms with Gasteiger partial charge >= 0.3 is 0 Å². The molecule has 0 fully saturated rings. The summed E-state index contributed by atoms with van der Waals surface area (Å²) in [5.74, 6) is -1.71. The van der Waals surface area contributed by atoms with Gasteiger partial charge in [-0.25, -0.2) is 17.2 Å². The summed E-state index contributed by atoms with van der Waals surface area (Å²) in [6.07, 6.45) is -0.951. The Hall–Kier alpha value is -3.54. The molecular weight excluding hydrogens is 478 g/mol. The third-order valence-electron chi connectivity index (χ3n) is 5.31. The van der Waals surface area contributed by atoms with Gasteiger partial charge in [-0.1, -0.05) is 18.2 Å². The number of fused-ring (bicyclic) bond motifs is 1. The number of sulfonamides is 1. The number of nitrogens with zero attached hydrogens (tertiary/aromatic N) is 1. The molecule has 0 unspecified atom stereocenters. The van der Waals surface area contributed by atoms with Gasteiger partial charge < -0.3 is 15.2 Å². The second kappa shape index (κ2) is 10.4. The van der Waals surface area contributed by atoms with Gasteiger partial charge in [0.05, 0.1) is 11.6 Å². The molecule has 3 aromatic carbocycles. The number of hydrogen-bond donors (Lipinski definition) is 4. The molecule has 4 aromatic rings. The van der Waals surface area contributed by atoms with Gasteiger partial charge in [0.1, 0.15) is 24.0 Å². The van der Waals surface area contributed by atoms with Crippen LogP contribution in [-0.2, 0) is 10.0 Å². The lowest BCUT2D eigenvalue weighted by Gasteiger charge is -2.15. The monoisotopic (exact) mass is 502 g/mol. The van der Waals surface area contributed by atoms with Gasteiger partial charge in [-0.15, -0.1) is 0 Å². The third kappa shape index (κ3) is 5.76. The van der Waals surface area contributed by atoms with Crippen LogP contribution in [0, 0.1) is 18.6 Å². The number of anilines is 1. The van der Waals surface area contributed by atoms with Crippen LogP contribution in [0.25, 0.3) is 10.9 Å². The molecule has 0 radical (unpaired) electrons. The normalized spacial score (nSPS) is 12.6. The van der Waals surface area contributed by atoms with Crippen LogP contribution in [0.2, 0.25) is 0 Å². The predicted molar refractivity (Wildman–Crippen MR) is 128 cm³/mol. The molecule has 1 atom stereocenters. The molecule has 0 spiro atoms. The van der Waals surface area contributed by atoms with E-state index in [1.165, 1.54) is 18.2 Å². The quantitative estimate of drug-likeness (QED) is 0.246.